The average molecular weight is 418 g/mol. The molecule has 146 valence electrons. The summed E-state index contributed by atoms with van der Waals surface area (Å²) in [6.07, 6.45) is 0.695. The van der Waals surface area contributed by atoms with E-state index in [1.807, 2.05) is 55.5 Å². The van der Waals surface area contributed by atoms with E-state index >= 15 is 0 Å². The number of hydrogen-bond acceptors (Lipinski definition) is 6. The third-order valence-electron chi connectivity index (χ3n) is 3.99. The summed E-state index contributed by atoms with van der Waals surface area (Å²) in [4.78, 5) is 17.8. The van der Waals surface area contributed by atoms with Crippen LogP contribution in [0.3, 0.4) is 0 Å². The average Bonchev–Trinajstić information content (AvgIpc) is 3.20. The standard InChI is InChI=1S/C20H20ClN3O3S/c1-3-17(28-16-10-6-14(21)7-11-16)20(25)22-12-18-23-19(24-27-18)13-4-8-15(26-2)9-5-13/h4-11,17H,3,12H2,1-2H3,(H,22,25)/t17-/m1/s1. The largest absolute Gasteiger partial charge is 0.497 e. The fourth-order valence-electron chi connectivity index (χ4n) is 2.46. The van der Waals surface area contributed by atoms with E-state index < -0.39 is 0 Å². The molecule has 1 heterocycles. The van der Waals surface area contributed by atoms with Gasteiger partial charge in [0.15, 0.2) is 0 Å². The van der Waals surface area contributed by atoms with Crippen LogP contribution >= 0.6 is 23.4 Å². The Balaban J connectivity index is 1.57. The maximum Gasteiger partial charge on any atom is 0.246 e. The minimum Gasteiger partial charge on any atom is -0.497 e. The molecule has 3 rings (SSSR count). The highest BCUT2D eigenvalue weighted by atomic mass is 35.5. The van der Waals surface area contributed by atoms with Crippen molar-refractivity contribution in [3.63, 3.8) is 0 Å². The molecule has 1 amide bonds. The molecule has 1 aromatic heterocycles. The van der Waals surface area contributed by atoms with Gasteiger partial charge in [0, 0.05) is 15.5 Å². The zero-order valence-corrected chi connectivity index (χ0v) is 17.1. The summed E-state index contributed by atoms with van der Waals surface area (Å²) in [5.74, 6) is 1.50. The highest BCUT2D eigenvalue weighted by molar-refractivity contribution is 8.00. The quantitative estimate of drug-likeness (QED) is 0.540. The fraction of sp³-hybridized carbons (Fsp3) is 0.250. The van der Waals surface area contributed by atoms with E-state index in [-0.39, 0.29) is 17.7 Å². The molecule has 3 aromatic rings. The molecular weight excluding hydrogens is 398 g/mol. The number of aromatic nitrogens is 2. The summed E-state index contributed by atoms with van der Waals surface area (Å²) in [5.41, 5.74) is 0.812. The van der Waals surface area contributed by atoms with Crippen LogP contribution in [0.2, 0.25) is 5.02 Å². The number of methoxy groups -OCH3 is 1. The van der Waals surface area contributed by atoms with Crippen LogP contribution in [0.5, 0.6) is 5.75 Å². The van der Waals surface area contributed by atoms with Gasteiger partial charge in [-0.2, -0.15) is 4.98 Å². The first-order chi connectivity index (χ1) is 13.6. The number of amides is 1. The number of carbonyl (C=O) groups is 1. The van der Waals surface area contributed by atoms with E-state index in [2.05, 4.69) is 15.5 Å². The maximum absolute atomic E-state index is 12.5. The van der Waals surface area contributed by atoms with E-state index in [0.717, 1.165) is 16.2 Å². The van der Waals surface area contributed by atoms with Gasteiger partial charge in [-0.3, -0.25) is 4.79 Å². The van der Waals surface area contributed by atoms with Gasteiger partial charge in [0.05, 0.1) is 18.9 Å². The summed E-state index contributed by atoms with van der Waals surface area (Å²) in [6, 6.07) is 14.8. The molecule has 0 fully saturated rings. The molecule has 1 N–H and O–H groups in total. The monoisotopic (exact) mass is 417 g/mol. The number of thioether (sulfide) groups is 1. The minimum absolute atomic E-state index is 0.0772. The molecule has 1 atom stereocenters. The summed E-state index contributed by atoms with van der Waals surface area (Å²) >= 11 is 7.40. The second kappa shape index (κ2) is 9.61. The van der Waals surface area contributed by atoms with Gasteiger partial charge in [-0.05, 0) is 55.0 Å². The van der Waals surface area contributed by atoms with Gasteiger partial charge < -0.3 is 14.6 Å². The summed E-state index contributed by atoms with van der Waals surface area (Å²) in [5, 5.41) is 7.28. The third kappa shape index (κ3) is 5.27. The van der Waals surface area contributed by atoms with Crippen LogP contribution in [0.1, 0.15) is 19.2 Å². The van der Waals surface area contributed by atoms with Crippen molar-refractivity contribution in [2.45, 2.75) is 30.0 Å². The number of halogens is 1. The highest BCUT2D eigenvalue weighted by Crippen LogP contribution is 2.27. The molecule has 0 aliphatic heterocycles. The Labute approximate surface area is 172 Å². The van der Waals surface area contributed by atoms with Gasteiger partial charge in [0.1, 0.15) is 5.75 Å². The van der Waals surface area contributed by atoms with Crippen molar-refractivity contribution in [1.29, 1.82) is 0 Å². The molecule has 0 saturated heterocycles. The van der Waals surface area contributed by atoms with Gasteiger partial charge in [0.25, 0.3) is 0 Å². The first-order valence-electron chi connectivity index (χ1n) is 8.76. The minimum atomic E-state index is -0.217. The molecule has 0 saturated carbocycles. The normalized spacial score (nSPS) is 11.8. The number of nitrogens with zero attached hydrogens (tertiary/aromatic N) is 2. The van der Waals surface area contributed by atoms with Gasteiger partial charge in [0.2, 0.25) is 17.6 Å². The predicted molar refractivity (Wildman–Crippen MR) is 110 cm³/mol. The number of carbonyl (C=O) groups excluding carboxylic acids is 1. The van der Waals surface area contributed by atoms with Crippen molar-refractivity contribution in [3.05, 3.63) is 59.4 Å². The number of rotatable bonds is 8. The molecule has 2 aromatic carbocycles. The van der Waals surface area contributed by atoms with Crippen molar-refractivity contribution in [1.82, 2.24) is 15.5 Å². The van der Waals surface area contributed by atoms with Crippen molar-refractivity contribution < 1.29 is 14.1 Å². The molecule has 28 heavy (non-hydrogen) atoms. The molecule has 6 nitrogen and oxygen atoms in total. The van der Waals surface area contributed by atoms with E-state index in [4.69, 9.17) is 20.9 Å². The van der Waals surface area contributed by atoms with Crippen LogP contribution in [-0.4, -0.2) is 28.4 Å². The zero-order valence-electron chi connectivity index (χ0n) is 15.5. The number of benzene rings is 2. The summed E-state index contributed by atoms with van der Waals surface area (Å²) in [6.45, 7) is 2.15. The van der Waals surface area contributed by atoms with E-state index in [1.165, 1.54) is 11.8 Å². The van der Waals surface area contributed by atoms with Crippen LogP contribution < -0.4 is 10.1 Å². The molecule has 0 radical (unpaired) electrons. The van der Waals surface area contributed by atoms with Crippen molar-refractivity contribution in [2.24, 2.45) is 0 Å². The van der Waals surface area contributed by atoms with Crippen LogP contribution in [0.4, 0.5) is 0 Å². The highest BCUT2D eigenvalue weighted by Gasteiger charge is 2.19. The van der Waals surface area contributed by atoms with Crippen molar-refractivity contribution in [2.75, 3.05) is 7.11 Å². The fourth-order valence-corrected chi connectivity index (χ4v) is 3.57. The molecule has 0 bridgehead atoms. The number of nitrogens with one attached hydrogen (secondary N) is 1. The Hall–Kier alpha value is -2.51. The molecule has 0 aliphatic rings. The van der Waals surface area contributed by atoms with Gasteiger partial charge in [-0.15, -0.1) is 11.8 Å². The second-order valence-electron chi connectivity index (χ2n) is 5.93. The lowest BCUT2D eigenvalue weighted by Crippen LogP contribution is -2.31. The number of hydrogen-bond donors (Lipinski definition) is 1. The van der Waals surface area contributed by atoms with Crippen LogP contribution in [-0.2, 0) is 11.3 Å². The molecule has 0 spiro atoms. The molecule has 0 aliphatic carbocycles. The van der Waals surface area contributed by atoms with Gasteiger partial charge in [-0.25, -0.2) is 0 Å². The first kappa shape index (κ1) is 20.2. The lowest BCUT2D eigenvalue weighted by molar-refractivity contribution is -0.120. The molecular formula is C20H20ClN3O3S. The Morgan fingerprint density at radius 3 is 2.57 bits per heavy atom. The Bertz CT molecular complexity index is 913. The Morgan fingerprint density at radius 2 is 1.93 bits per heavy atom. The maximum atomic E-state index is 12.5. The Kier molecular flexibility index (Phi) is 6.95. The third-order valence-corrected chi connectivity index (χ3v) is 5.61. The van der Waals surface area contributed by atoms with Crippen LogP contribution in [0, 0.1) is 0 Å². The summed E-state index contributed by atoms with van der Waals surface area (Å²) < 4.78 is 10.4. The Morgan fingerprint density at radius 1 is 1.21 bits per heavy atom. The second-order valence-corrected chi connectivity index (χ2v) is 7.64. The molecule has 0 unspecified atom stereocenters. The zero-order chi connectivity index (χ0) is 19.9. The van der Waals surface area contributed by atoms with Crippen LogP contribution in [0.15, 0.2) is 57.9 Å². The smallest absolute Gasteiger partial charge is 0.246 e. The van der Waals surface area contributed by atoms with Gasteiger partial charge in [-0.1, -0.05) is 23.7 Å². The predicted octanol–water partition coefficient (Wildman–Crippen LogP) is 4.59. The van der Waals surface area contributed by atoms with E-state index in [0.29, 0.717) is 23.2 Å². The van der Waals surface area contributed by atoms with Gasteiger partial charge >= 0.3 is 0 Å². The van der Waals surface area contributed by atoms with E-state index in [9.17, 15) is 4.79 Å². The lowest BCUT2D eigenvalue weighted by Gasteiger charge is -2.13. The van der Waals surface area contributed by atoms with Crippen LogP contribution in [0.25, 0.3) is 11.4 Å². The first-order valence-corrected chi connectivity index (χ1v) is 10.0. The SMILES string of the molecule is CC[C@@H](Sc1ccc(Cl)cc1)C(=O)NCc1nc(-c2ccc(OC)cc2)no1. The van der Waals surface area contributed by atoms with Crippen molar-refractivity contribution >= 4 is 29.3 Å². The summed E-state index contributed by atoms with van der Waals surface area (Å²) in [7, 11) is 1.61. The van der Waals surface area contributed by atoms with E-state index in [1.54, 1.807) is 7.11 Å². The lowest BCUT2D eigenvalue weighted by atomic mass is 10.2. The topological polar surface area (TPSA) is 77.2 Å². The number of ether oxygens (including phenoxy) is 1. The van der Waals surface area contributed by atoms with Crippen molar-refractivity contribution in [3.8, 4) is 17.1 Å². The molecule has 8 heteroatoms.